The zero-order valence-corrected chi connectivity index (χ0v) is 21.5. The quantitative estimate of drug-likeness (QED) is 0.387. The van der Waals surface area contributed by atoms with Gasteiger partial charge in [0.15, 0.2) is 0 Å². The number of amides is 1. The molecule has 190 valence electrons. The molecule has 0 spiro atoms. The van der Waals surface area contributed by atoms with E-state index in [1.54, 1.807) is 17.3 Å². The molecule has 2 unspecified atom stereocenters. The van der Waals surface area contributed by atoms with Gasteiger partial charge in [0, 0.05) is 30.6 Å². The van der Waals surface area contributed by atoms with Crippen molar-refractivity contribution in [3.8, 4) is 0 Å². The molecular weight excluding hydrogens is 452 g/mol. The maximum atomic E-state index is 12.8. The molecule has 0 N–H and O–H groups in total. The van der Waals surface area contributed by atoms with E-state index in [0.717, 1.165) is 62.3 Å². The van der Waals surface area contributed by atoms with Gasteiger partial charge in [-0.15, -0.1) is 0 Å². The van der Waals surface area contributed by atoms with Crippen molar-refractivity contribution in [2.45, 2.75) is 44.9 Å². The van der Waals surface area contributed by atoms with Gasteiger partial charge in [-0.2, -0.15) is 0 Å². The van der Waals surface area contributed by atoms with E-state index in [4.69, 9.17) is 4.74 Å². The molecule has 7 nitrogen and oxygen atoms in total. The Morgan fingerprint density at radius 3 is 2.42 bits per heavy atom. The lowest BCUT2D eigenvalue weighted by molar-refractivity contribution is -0.143. The monoisotopic (exact) mass is 488 g/mol. The number of benzene rings is 1. The predicted octanol–water partition coefficient (Wildman–Crippen LogP) is 4.39. The van der Waals surface area contributed by atoms with Gasteiger partial charge in [0.05, 0.1) is 18.5 Å². The molecule has 4 rings (SSSR count). The van der Waals surface area contributed by atoms with Crippen LogP contribution in [0.3, 0.4) is 0 Å². The number of pyridine rings is 1. The zero-order valence-electron chi connectivity index (χ0n) is 21.5. The van der Waals surface area contributed by atoms with Crippen molar-refractivity contribution in [2.24, 2.45) is 10.9 Å². The van der Waals surface area contributed by atoms with E-state index in [1.807, 2.05) is 26.0 Å². The van der Waals surface area contributed by atoms with Crippen LogP contribution in [0.15, 0.2) is 71.2 Å². The summed E-state index contributed by atoms with van der Waals surface area (Å²) in [6.07, 6.45) is 7.46. The standard InChI is InChI=1S/C29H36N4O3/c1-21-26(29(35)36-3)27(25-10-14-30-15-11-25)28(22(2)31-21)33(20-34)17-7-16-32-18-12-24(13-19-32)23-8-5-4-6-9-23/h4-6,8-11,14-15,20,24,26-27H,7,12-13,16-19H2,1-3H3. The average Bonchev–Trinajstić information content (AvgIpc) is 2.92. The number of aliphatic imine (C=N–C) groups is 1. The number of piperidine rings is 1. The van der Waals surface area contributed by atoms with Crippen LogP contribution in [0.25, 0.3) is 0 Å². The van der Waals surface area contributed by atoms with Gasteiger partial charge in [0.25, 0.3) is 0 Å². The smallest absolute Gasteiger partial charge is 0.315 e. The number of carbonyl (C=O) groups is 2. The molecule has 0 aliphatic carbocycles. The summed E-state index contributed by atoms with van der Waals surface area (Å²) in [4.78, 5) is 38.2. The summed E-state index contributed by atoms with van der Waals surface area (Å²) in [5.74, 6) is -0.669. The number of allylic oxidation sites excluding steroid dienone is 2. The number of carbonyl (C=O) groups excluding carboxylic acids is 2. The third-order valence-electron chi connectivity index (χ3n) is 7.48. The minimum Gasteiger partial charge on any atom is -0.468 e. The number of rotatable bonds is 9. The van der Waals surface area contributed by atoms with E-state index in [2.05, 4.69) is 45.2 Å². The summed E-state index contributed by atoms with van der Waals surface area (Å²) < 4.78 is 5.14. The van der Waals surface area contributed by atoms with E-state index in [-0.39, 0.29) is 11.9 Å². The molecule has 7 heteroatoms. The van der Waals surface area contributed by atoms with Crippen LogP contribution in [0.2, 0.25) is 0 Å². The van der Waals surface area contributed by atoms with Crippen LogP contribution in [-0.2, 0) is 14.3 Å². The summed E-state index contributed by atoms with van der Waals surface area (Å²) >= 11 is 0. The Kier molecular flexibility index (Phi) is 8.65. The van der Waals surface area contributed by atoms with Gasteiger partial charge in [-0.25, -0.2) is 0 Å². The van der Waals surface area contributed by atoms with Crippen molar-refractivity contribution in [2.75, 3.05) is 33.3 Å². The Morgan fingerprint density at radius 2 is 1.78 bits per heavy atom. The third-order valence-corrected chi connectivity index (χ3v) is 7.48. The molecule has 2 aliphatic rings. The first kappa shape index (κ1) is 25.8. The van der Waals surface area contributed by atoms with Crippen LogP contribution >= 0.6 is 0 Å². The SMILES string of the molecule is COC(=O)C1C(C)=NC(C)=C(N(C=O)CCCN2CCC(c3ccccc3)CC2)C1c1ccncc1. The number of esters is 1. The Balaban J connectivity index is 1.44. The second kappa shape index (κ2) is 12.1. The number of hydrogen-bond acceptors (Lipinski definition) is 6. The molecule has 1 amide bonds. The lowest BCUT2D eigenvalue weighted by Crippen LogP contribution is -2.40. The molecule has 1 aromatic heterocycles. The van der Waals surface area contributed by atoms with Gasteiger partial charge < -0.3 is 14.5 Å². The van der Waals surface area contributed by atoms with Gasteiger partial charge in [-0.05, 0) is 81.9 Å². The number of methoxy groups -OCH3 is 1. The minimum absolute atomic E-state index is 0.352. The van der Waals surface area contributed by atoms with Crippen molar-refractivity contribution in [1.29, 1.82) is 0 Å². The maximum absolute atomic E-state index is 12.8. The van der Waals surface area contributed by atoms with Crippen molar-refractivity contribution in [1.82, 2.24) is 14.8 Å². The summed E-state index contributed by atoms with van der Waals surface area (Å²) in [7, 11) is 1.39. The first-order valence-electron chi connectivity index (χ1n) is 12.8. The fourth-order valence-electron chi connectivity index (χ4n) is 5.67. The minimum atomic E-state index is -0.587. The van der Waals surface area contributed by atoms with Crippen LogP contribution in [0, 0.1) is 5.92 Å². The van der Waals surface area contributed by atoms with Crippen molar-refractivity contribution >= 4 is 18.1 Å². The highest BCUT2D eigenvalue weighted by Gasteiger charge is 2.41. The highest BCUT2D eigenvalue weighted by atomic mass is 16.5. The molecule has 1 aromatic carbocycles. The van der Waals surface area contributed by atoms with Gasteiger partial charge in [0.1, 0.15) is 5.92 Å². The van der Waals surface area contributed by atoms with Crippen LogP contribution in [0.5, 0.6) is 0 Å². The third kappa shape index (κ3) is 5.73. The fourth-order valence-corrected chi connectivity index (χ4v) is 5.67. The average molecular weight is 489 g/mol. The lowest BCUT2D eigenvalue weighted by atomic mass is 9.78. The lowest BCUT2D eigenvalue weighted by Gasteiger charge is -2.37. The van der Waals surface area contributed by atoms with Crippen LogP contribution < -0.4 is 0 Å². The van der Waals surface area contributed by atoms with Crippen LogP contribution in [0.4, 0.5) is 0 Å². The number of likely N-dealkylation sites (tertiary alicyclic amines) is 1. The van der Waals surface area contributed by atoms with Gasteiger partial charge in [0.2, 0.25) is 6.41 Å². The van der Waals surface area contributed by atoms with Crippen LogP contribution in [-0.4, -0.2) is 66.2 Å². The largest absolute Gasteiger partial charge is 0.468 e. The van der Waals surface area contributed by atoms with Crippen molar-refractivity contribution in [3.05, 3.63) is 77.4 Å². The topological polar surface area (TPSA) is 75.1 Å². The summed E-state index contributed by atoms with van der Waals surface area (Å²) in [5.41, 5.74) is 4.56. The highest BCUT2D eigenvalue weighted by molar-refractivity contribution is 6.03. The van der Waals surface area contributed by atoms with E-state index < -0.39 is 5.92 Å². The van der Waals surface area contributed by atoms with Gasteiger partial charge in [-0.3, -0.25) is 19.6 Å². The molecular formula is C29H36N4O3. The number of hydrogen-bond donors (Lipinski definition) is 0. The second-order valence-electron chi connectivity index (χ2n) is 9.66. The maximum Gasteiger partial charge on any atom is 0.315 e. The predicted molar refractivity (Wildman–Crippen MR) is 141 cm³/mol. The number of aromatic nitrogens is 1. The second-order valence-corrected chi connectivity index (χ2v) is 9.66. The van der Waals surface area contributed by atoms with Crippen molar-refractivity contribution < 1.29 is 14.3 Å². The van der Waals surface area contributed by atoms with E-state index >= 15 is 0 Å². The van der Waals surface area contributed by atoms with Gasteiger partial charge in [-0.1, -0.05) is 30.3 Å². The Morgan fingerprint density at radius 1 is 1.08 bits per heavy atom. The van der Waals surface area contributed by atoms with E-state index in [1.165, 1.54) is 12.7 Å². The van der Waals surface area contributed by atoms with Gasteiger partial charge >= 0.3 is 5.97 Å². The first-order valence-corrected chi connectivity index (χ1v) is 12.8. The summed E-state index contributed by atoms with van der Waals surface area (Å²) in [6.45, 7) is 7.39. The molecule has 2 aromatic rings. The highest BCUT2D eigenvalue weighted by Crippen LogP contribution is 2.40. The number of nitrogens with zero attached hydrogens (tertiary/aromatic N) is 4. The molecule has 2 aliphatic heterocycles. The zero-order chi connectivity index (χ0) is 25.5. The Bertz CT molecular complexity index is 1090. The Hall–Kier alpha value is -3.32. The normalized spacial score (nSPS) is 21.1. The number of ether oxygens (including phenoxy) is 1. The summed E-state index contributed by atoms with van der Waals surface area (Å²) in [6, 6.07) is 14.6. The molecule has 0 bridgehead atoms. The first-order chi connectivity index (χ1) is 17.5. The van der Waals surface area contributed by atoms with E-state index in [0.29, 0.717) is 18.2 Å². The molecule has 1 fully saturated rings. The van der Waals surface area contributed by atoms with E-state index in [9.17, 15) is 9.59 Å². The van der Waals surface area contributed by atoms with Crippen LogP contribution in [0.1, 0.15) is 56.1 Å². The molecule has 3 heterocycles. The molecule has 0 radical (unpaired) electrons. The Labute approximate surface area is 213 Å². The summed E-state index contributed by atoms with van der Waals surface area (Å²) in [5, 5.41) is 0. The van der Waals surface area contributed by atoms with Crippen molar-refractivity contribution in [3.63, 3.8) is 0 Å². The molecule has 36 heavy (non-hydrogen) atoms. The molecule has 0 saturated carbocycles. The molecule has 2 atom stereocenters. The molecule has 1 saturated heterocycles. The fraction of sp³-hybridized carbons (Fsp3) is 0.448.